The largest absolute Gasteiger partial charge is 0.340 e. The molecule has 1 aliphatic carbocycles. The van der Waals surface area contributed by atoms with Crippen LogP contribution in [0.3, 0.4) is 0 Å². The van der Waals surface area contributed by atoms with Crippen molar-refractivity contribution in [2.24, 2.45) is 0 Å². The van der Waals surface area contributed by atoms with Gasteiger partial charge in [0.25, 0.3) is 0 Å². The molecule has 1 aliphatic rings. The van der Waals surface area contributed by atoms with Gasteiger partial charge >= 0.3 is 0 Å². The minimum Gasteiger partial charge on any atom is -0.340 e. The van der Waals surface area contributed by atoms with Crippen LogP contribution >= 0.6 is 0 Å². The van der Waals surface area contributed by atoms with Crippen LogP contribution < -0.4 is 0 Å². The van der Waals surface area contributed by atoms with Crippen molar-refractivity contribution in [2.75, 3.05) is 0 Å². The van der Waals surface area contributed by atoms with Crippen LogP contribution in [0.25, 0.3) is 0 Å². The summed E-state index contributed by atoms with van der Waals surface area (Å²) in [5.74, 6) is 2.19. The molecule has 1 aromatic rings. The molecule has 9 heavy (non-hydrogen) atoms. The van der Waals surface area contributed by atoms with Crippen molar-refractivity contribution in [3.8, 4) is 0 Å². The summed E-state index contributed by atoms with van der Waals surface area (Å²) in [5.41, 5.74) is 0. The van der Waals surface area contributed by atoms with Crippen LogP contribution in [0.1, 0.15) is 30.5 Å². The van der Waals surface area contributed by atoms with Gasteiger partial charge in [-0.25, -0.2) is 0 Å². The van der Waals surface area contributed by atoms with Crippen molar-refractivity contribution < 1.29 is 4.52 Å². The maximum absolute atomic E-state index is 4.80. The molecule has 0 aromatic carbocycles. The van der Waals surface area contributed by atoms with Gasteiger partial charge in [0.05, 0.1) is 0 Å². The molecule has 0 atom stereocenters. The van der Waals surface area contributed by atoms with E-state index in [2.05, 4.69) is 10.1 Å². The van der Waals surface area contributed by atoms with Crippen LogP contribution in [0.15, 0.2) is 4.52 Å². The van der Waals surface area contributed by atoms with E-state index >= 15 is 0 Å². The lowest BCUT2D eigenvalue weighted by Gasteiger charge is -1.77. The Kier molecular flexibility index (Phi) is 0.860. The van der Waals surface area contributed by atoms with E-state index in [4.69, 9.17) is 4.52 Å². The summed E-state index contributed by atoms with van der Waals surface area (Å²) in [4.78, 5) is 4.09. The minimum absolute atomic E-state index is 0.613. The van der Waals surface area contributed by atoms with Gasteiger partial charge in [0.1, 0.15) is 0 Å². The van der Waals surface area contributed by atoms with E-state index in [9.17, 15) is 0 Å². The summed E-state index contributed by atoms with van der Waals surface area (Å²) in [6.45, 7) is 1.82. The summed E-state index contributed by atoms with van der Waals surface area (Å²) >= 11 is 0. The molecule has 0 bridgehead atoms. The standard InChI is InChI=1S/C6H8N2O/c1-4-7-6(8-9-4)5-2-3-5/h5H,2-3H2,1H3. The molecule has 0 N–H and O–H groups in total. The summed E-state index contributed by atoms with van der Waals surface area (Å²) < 4.78 is 4.80. The van der Waals surface area contributed by atoms with E-state index in [1.54, 1.807) is 0 Å². The lowest BCUT2D eigenvalue weighted by atomic mass is 10.4. The van der Waals surface area contributed by atoms with E-state index in [1.807, 2.05) is 6.92 Å². The van der Waals surface area contributed by atoms with Gasteiger partial charge in [-0.1, -0.05) is 5.16 Å². The first-order valence-corrected chi connectivity index (χ1v) is 3.16. The highest BCUT2D eigenvalue weighted by atomic mass is 16.5. The van der Waals surface area contributed by atoms with Crippen LogP contribution in [0, 0.1) is 6.92 Å². The van der Waals surface area contributed by atoms with Crippen LogP contribution in [0.2, 0.25) is 0 Å². The first-order valence-electron chi connectivity index (χ1n) is 3.16. The molecule has 1 aromatic heterocycles. The number of nitrogens with zero attached hydrogens (tertiary/aromatic N) is 2. The molecule has 3 heteroatoms. The number of hydrogen-bond donors (Lipinski definition) is 0. The molecule has 0 amide bonds. The second-order valence-electron chi connectivity index (χ2n) is 2.45. The number of hydrogen-bond acceptors (Lipinski definition) is 3. The van der Waals surface area contributed by atoms with Crippen LogP contribution in [-0.2, 0) is 0 Å². The third-order valence-corrected chi connectivity index (χ3v) is 1.49. The Morgan fingerprint density at radius 3 is 2.78 bits per heavy atom. The highest BCUT2D eigenvalue weighted by Crippen LogP contribution is 2.37. The van der Waals surface area contributed by atoms with Gasteiger partial charge in [0.2, 0.25) is 5.89 Å². The number of rotatable bonds is 1. The van der Waals surface area contributed by atoms with Gasteiger partial charge in [0.15, 0.2) is 5.82 Å². The molecule has 2 rings (SSSR count). The van der Waals surface area contributed by atoms with Crippen LogP contribution in [0.5, 0.6) is 0 Å². The van der Waals surface area contributed by atoms with E-state index in [0.717, 1.165) is 5.82 Å². The predicted octanol–water partition coefficient (Wildman–Crippen LogP) is 1.26. The third kappa shape index (κ3) is 0.823. The quantitative estimate of drug-likeness (QED) is 0.565. The highest BCUT2D eigenvalue weighted by Gasteiger charge is 2.27. The molecule has 0 saturated heterocycles. The van der Waals surface area contributed by atoms with Crippen molar-refractivity contribution >= 4 is 0 Å². The van der Waals surface area contributed by atoms with Crippen molar-refractivity contribution in [3.05, 3.63) is 11.7 Å². The fraction of sp³-hybridized carbons (Fsp3) is 0.667. The smallest absolute Gasteiger partial charge is 0.223 e. The van der Waals surface area contributed by atoms with Gasteiger partial charge in [0, 0.05) is 12.8 Å². The van der Waals surface area contributed by atoms with Crippen molar-refractivity contribution in [3.63, 3.8) is 0 Å². The Hall–Kier alpha value is -0.860. The Bertz CT molecular complexity index is 215. The highest BCUT2D eigenvalue weighted by molar-refractivity contribution is 5.02. The first kappa shape index (κ1) is 4.97. The molecule has 48 valence electrons. The molecule has 0 radical (unpaired) electrons. The molecule has 3 nitrogen and oxygen atoms in total. The zero-order valence-corrected chi connectivity index (χ0v) is 5.29. The number of aromatic nitrogens is 2. The molecule has 0 aliphatic heterocycles. The molecule has 1 fully saturated rings. The van der Waals surface area contributed by atoms with Crippen LogP contribution in [-0.4, -0.2) is 10.1 Å². The van der Waals surface area contributed by atoms with Crippen molar-refractivity contribution in [1.29, 1.82) is 0 Å². The summed E-state index contributed by atoms with van der Waals surface area (Å²) in [5, 5.41) is 3.79. The Morgan fingerprint density at radius 2 is 2.33 bits per heavy atom. The zero-order valence-electron chi connectivity index (χ0n) is 5.29. The molecular formula is C6H8N2O. The molecule has 1 saturated carbocycles. The lowest BCUT2D eigenvalue weighted by molar-refractivity contribution is 0.387. The van der Waals surface area contributed by atoms with E-state index in [0.29, 0.717) is 11.8 Å². The SMILES string of the molecule is Cc1nc(C2CC2)no1. The van der Waals surface area contributed by atoms with Gasteiger partial charge in [-0.3, -0.25) is 0 Å². The third-order valence-electron chi connectivity index (χ3n) is 1.49. The average molecular weight is 124 g/mol. The molecule has 1 heterocycles. The average Bonchev–Trinajstić information content (AvgIpc) is 2.58. The second kappa shape index (κ2) is 1.56. The molecule has 0 unspecified atom stereocenters. The summed E-state index contributed by atoms with van der Waals surface area (Å²) in [7, 11) is 0. The van der Waals surface area contributed by atoms with Gasteiger partial charge in [-0.2, -0.15) is 4.98 Å². The van der Waals surface area contributed by atoms with Crippen LogP contribution in [0.4, 0.5) is 0 Å². The Balaban J connectivity index is 2.28. The topological polar surface area (TPSA) is 38.9 Å². The maximum atomic E-state index is 4.80. The van der Waals surface area contributed by atoms with Crippen molar-refractivity contribution in [1.82, 2.24) is 10.1 Å². The van der Waals surface area contributed by atoms with Gasteiger partial charge in [-0.15, -0.1) is 0 Å². The van der Waals surface area contributed by atoms with Gasteiger partial charge < -0.3 is 4.52 Å². The summed E-state index contributed by atoms with van der Waals surface area (Å²) in [6.07, 6.45) is 2.47. The Labute approximate surface area is 53.1 Å². The van der Waals surface area contributed by atoms with E-state index in [-0.39, 0.29) is 0 Å². The predicted molar refractivity (Wildman–Crippen MR) is 31.0 cm³/mol. The lowest BCUT2D eigenvalue weighted by Crippen LogP contribution is -1.80. The Morgan fingerprint density at radius 1 is 1.56 bits per heavy atom. The van der Waals surface area contributed by atoms with E-state index in [1.165, 1.54) is 12.8 Å². The zero-order chi connectivity index (χ0) is 6.27. The molecule has 0 spiro atoms. The van der Waals surface area contributed by atoms with Gasteiger partial charge in [-0.05, 0) is 12.8 Å². The first-order chi connectivity index (χ1) is 4.36. The monoisotopic (exact) mass is 124 g/mol. The van der Waals surface area contributed by atoms with E-state index < -0.39 is 0 Å². The maximum Gasteiger partial charge on any atom is 0.223 e. The van der Waals surface area contributed by atoms with Crippen molar-refractivity contribution in [2.45, 2.75) is 25.7 Å². The normalized spacial score (nSPS) is 18.3. The fourth-order valence-corrected chi connectivity index (χ4v) is 0.822. The number of aryl methyl sites for hydroxylation is 1. The second-order valence-corrected chi connectivity index (χ2v) is 2.45. The minimum atomic E-state index is 0.613. The molecular weight excluding hydrogens is 116 g/mol. The summed E-state index contributed by atoms with van der Waals surface area (Å²) in [6, 6.07) is 0. The fourth-order valence-electron chi connectivity index (χ4n) is 0.822.